The molecule has 7 heteroatoms. The zero-order chi connectivity index (χ0) is 37.0. The van der Waals surface area contributed by atoms with Crippen LogP contribution < -0.4 is 4.74 Å². The minimum absolute atomic E-state index is 0.0610. The van der Waals surface area contributed by atoms with Crippen molar-refractivity contribution >= 4 is 34.0 Å². The second-order valence-electron chi connectivity index (χ2n) is 15.3. The Hall–Kier alpha value is -4.56. The van der Waals surface area contributed by atoms with Crippen LogP contribution in [0.4, 0.5) is 4.79 Å². The van der Waals surface area contributed by atoms with Gasteiger partial charge < -0.3 is 19.8 Å². The van der Waals surface area contributed by atoms with Gasteiger partial charge in [0.25, 0.3) is 0 Å². The molecule has 1 fully saturated rings. The third-order valence-electron chi connectivity index (χ3n) is 11.8. The first-order valence-electron chi connectivity index (χ1n) is 18.9. The van der Waals surface area contributed by atoms with Gasteiger partial charge in [-0.05, 0) is 116 Å². The van der Waals surface area contributed by atoms with E-state index in [-0.39, 0.29) is 18.2 Å². The summed E-state index contributed by atoms with van der Waals surface area (Å²) in [5, 5.41) is 28.1. The molecule has 0 radical (unpaired) electrons. The van der Waals surface area contributed by atoms with Gasteiger partial charge in [0, 0.05) is 28.0 Å². The van der Waals surface area contributed by atoms with Gasteiger partial charge in [0.1, 0.15) is 5.75 Å². The molecule has 1 aromatic heterocycles. The van der Waals surface area contributed by atoms with E-state index in [2.05, 4.69) is 32.1 Å². The van der Waals surface area contributed by atoms with E-state index in [9.17, 15) is 19.8 Å². The van der Waals surface area contributed by atoms with Crippen LogP contribution >= 0.6 is 11.3 Å². The maximum atomic E-state index is 14.3. The Morgan fingerprint density at radius 1 is 0.906 bits per heavy atom. The molecule has 274 valence electrons. The first kappa shape index (κ1) is 36.8. The van der Waals surface area contributed by atoms with E-state index in [0.717, 1.165) is 39.6 Å². The van der Waals surface area contributed by atoms with E-state index in [1.54, 1.807) is 16.2 Å². The van der Waals surface area contributed by atoms with Crippen molar-refractivity contribution in [2.75, 3.05) is 13.1 Å². The molecule has 6 nitrogen and oxygen atoms in total. The Kier molecular flexibility index (Phi) is 11.0. The zero-order valence-electron chi connectivity index (χ0n) is 30.7. The number of nitrogens with zero attached hydrogens (tertiary/aromatic N) is 1. The quantitative estimate of drug-likeness (QED) is 0.123. The summed E-state index contributed by atoms with van der Waals surface area (Å²) < 4.78 is 6.06. The average molecular weight is 728 g/mol. The summed E-state index contributed by atoms with van der Waals surface area (Å²) in [6, 6.07) is 33.1. The van der Waals surface area contributed by atoms with Crippen LogP contribution in [0.3, 0.4) is 0 Å². The molecule has 8 rings (SSSR count). The second-order valence-corrected chi connectivity index (χ2v) is 16.3. The van der Waals surface area contributed by atoms with Gasteiger partial charge in [-0.1, -0.05) is 97.4 Å². The molecule has 2 bridgehead atoms. The number of hydrogen-bond donors (Lipinski definition) is 2. The molecule has 1 amide bonds. The van der Waals surface area contributed by atoms with E-state index in [1.807, 2.05) is 96.4 Å². The fourth-order valence-corrected chi connectivity index (χ4v) is 9.29. The van der Waals surface area contributed by atoms with Crippen molar-refractivity contribution in [1.82, 2.24) is 4.90 Å². The molecule has 3 aliphatic rings. The van der Waals surface area contributed by atoms with Gasteiger partial charge in [-0.25, -0.2) is 4.79 Å². The largest absolute Gasteiger partial charge is 0.415 e. The lowest BCUT2D eigenvalue weighted by Gasteiger charge is -2.46. The summed E-state index contributed by atoms with van der Waals surface area (Å²) in [6.07, 6.45) is 6.27. The lowest BCUT2D eigenvalue weighted by atomic mass is 9.64. The molecule has 0 saturated heterocycles. The van der Waals surface area contributed by atoms with Gasteiger partial charge in [-0.2, -0.15) is 0 Å². The first-order valence-corrected chi connectivity index (χ1v) is 19.8. The fraction of sp³-hybridized carbons (Fsp3) is 0.348. The molecule has 4 atom stereocenters. The topological polar surface area (TPSA) is 87.1 Å². The molecule has 53 heavy (non-hydrogen) atoms. The number of benzene rings is 4. The highest BCUT2D eigenvalue weighted by atomic mass is 32.1. The summed E-state index contributed by atoms with van der Waals surface area (Å²) in [6.45, 7) is 4.76. The van der Waals surface area contributed by atoms with Crippen molar-refractivity contribution in [3.05, 3.63) is 147 Å². The maximum absolute atomic E-state index is 14.3. The smallest absolute Gasteiger partial charge is 0.410 e. The second kappa shape index (κ2) is 15.8. The summed E-state index contributed by atoms with van der Waals surface area (Å²) in [7, 11) is 0. The Labute approximate surface area is 316 Å². The van der Waals surface area contributed by atoms with E-state index in [1.165, 1.54) is 5.57 Å². The molecular formula is C46H49NO5S. The first-order chi connectivity index (χ1) is 25.6. The number of amides is 1. The third-order valence-corrected chi connectivity index (χ3v) is 12.7. The van der Waals surface area contributed by atoms with E-state index in [0.29, 0.717) is 61.9 Å². The van der Waals surface area contributed by atoms with Gasteiger partial charge in [-0.3, -0.25) is 4.79 Å². The Morgan fingerprint density at radius 2 is 1.70 bits per heavy atom. The number of ether oxygens (including phenoxy) is 1. The molecular weight excluding hydrogens is 679 g/mol. The monoisotopic (exact) mass is 727 g/mol. The minimum Gasteiger partial charge on any atom is -0.410 e. The van der Waals surface area contributed by atoms with Gasteiger partial charge >= 0.3 is 6.09 Å². The Balaban J connectivity index is 1.26. The minimum atomic E-state index is -1.27. The summed E-state index contributed by atoms with van der Waals surface area (Å²) in [4.78, 5) is 31.3. The number of carbonyl (C=O) groups excluding carboxylic acids is 2. The molecule has 4 aromatic carbocycles. The van der Waals surface area contributed by atoms with Crippen LogP contribution in [0, 0.1) is 5.41 Å². The van der Waals surface area contributed by atoms with Gasteiger partial charge in [0.15, 0.2) is 5.78 Å². The van der Waals surface area contributed by atoms with Crippen molar-refractivity contribution in [1.29, 1.82) is 0 Å². The zero-order valence-corrected chi connectivity index (χ0v) is 31.5. The molecule has 3 aliphatic carbocycles. The van der Waals surface area contributed by atoms with Gasteiger partial charge in [-0.15, -0.1) is 11.3 Å². The summed E-state index contributed by atoms with van der Waals surface area (Å²) >= 11 is 1.65. The molecule has 0 spiro atoms. The molecule has 5 aromatic rings. The van der Waals surface area contributed by atoms with Crippen molar-refractivity contribution in [3.63, 3.8) is 0 Å². The fourth-order valence-electron chi connectivity index (χ4n) is 8.59. The van der Waals surface area contributed by atoms with Crippen molar-refractivity contribution < 1.29 is 24.5 Å². The number of ketones is 1. The number of aliphatic hydroxyl groups is 2. The third kappa shape index (κ3) is 8.03. The molecule has 4 unspecified atom stereocenters. The van der Waals surface area contributed by atoms with Crippen LogP contribution in [0.2, 0.25) is 0 Å². The predicted octanol–water partition coefficient (Wildman–Crippen LogP) is 9.91. The molecule has 0 aliphatic heterocycles. The summed E-state index contributed by atoms with van der Waals surface area (Å²) in [5.41, 5.74) is 2.32. The molecule has 2 N–H and O–H groups in total. The van der Waals surface area contributed by atoms with Crippen LogP contribution in [0.15, 0.2) is 120 Å². The van der Waals surface area contributed by atoms with Crippen LogP contribution in [0.25, 0.3) is 10.8 Å². The van der Waals surface area contributed by atoms with Crippen LogP contribution in [-0.4, -0.2) is 51.8 Å². The highest BCUT2D eigenvalue weighted by molar-refractivity contribution is 7.09. The van der Waals surface area contributed by atoms with Gasteiger partial charge in [0.05, 0.1) is 18.2 Å². The lowest BCUT2D eigenvalue weighted by molar-refractivity contribution is -0.0789. The highest BCUT2D eigenvalue weighted by Crippen LogP contribution is 2.59. The number of aliphatic hydroxyl groups excluding tert-OH is 1. The number of fused-ring (bicyclic) bond motifs is 9. The van der Waals surface area contributed by atoms with E-state index >= 15 is 0 Å². The van der Waals surface area contributed by atoms with Crippen LogP contribution in [0.1, 0.15) is 90.2 Å². The maximum Gasteiger partial charge on any atom is 0.415 e. The number of allylic oxidation sites excluding steroid dienone is 2. The van der Waals surface area contributed by atoms with E-state index in [4.69, 9.17) is 4.74 Å². The van der Waals surface area contributed by atoms with Crippen molar-refractivity contribution in [2.45, 2.75) is 82.8 Å². The van der Waals surface area contributed by atoms with Crippen molar-refractivity contribution in [2.24, 2.45) is 5.41 Å². The molecule has 1 saturated carbocycles. The van der Waals surface area contributed by atoms with Crippen LogP contribution in [-0.2, 0) is 12.8 Å². The van der Waals surface area contributed by atoms with Gasteiger partial charge in [0.2, 0.25) is 0 Å². The molecule has 1 heterocycles. The average Bonchev–Trinajstić information content (AvgIpc) is 3.78. The number of carbonyl (C=O) groups is 2. The SMILES string of the molecule is CC1=CCCC2(C)C(CCC2(O)CN(CCc2cccs2)C(=O)Oc2ccc3ccccc3c2)c2ccc(cc2C(=O)c2ccccc2)CC(O)CC1. The van der Waals surface area contributed by atoms with Crippen LogP contribution in [0.5, 0.6) is 5.75 Å². The van der Waals surface area contributed by atoms with Crippen molar-refractivity contribution in [3.8, 4) is 5.75 Å². The predicted molar refractivity (Wildman–Crippen MR) is 213 cm³/mol. The standard InChI is InChI=1S/C46H49NO5S/c1-32-10-8-24-45(2)42(40-21-17-33(28-37(48)19-16-32)29-41(40)43(49)35-12-4-3-5-13-35)22-25-46(45,51)31-47(26-23-39-15-9-27-53-39)44(50)52-38-20-18-34-11-6-7-14-36(34)30-38/h3-7,9-15,17-18,20-21,27,29-30,37,42,48,51H,8,16,19,22-26,28,31H2,1-2H3. The highest BCUT2D eigenvalue weighted by Gasteiger charge is 2.57. The number of thiophene rings is 1. The Bertz CT molecular complexity index is 2090. The summed E-state index contributed by atoms with van der Waals surface area (Å²) in [5.74, 6) is 0.251. The van der Waals surface area contributed by atoms with E-state index < -0.39 is 23.2 Å². The lowest BCUT2D eigenvalue weighted by Crippen LogP contribution is -2.54. The number of rotatable bonds is 8. The number of hydrogen-bond acceptors (Lipinski definition) is 6. The Morgan fingerprint density at radius 3 is 2.49 bits per heavy atom. The normalized spacial score (nSPS) is 23.2.